The van der Waals surface area contributed by atoms with Crippen molar-refractivity contribution in [1.82, 2.24) is 0 Å². The summed E-state index contributed by atoms with van der Waals surface area (Å²) in [7, 11) is 0. The summed E-state index contributed by atoms with van der Waals surface area (Å²) in [4.78, 5) is 26.2. The molecule has 3 rings (SSSR count). The molecule has 0 aromatic heterocycles. The van der Waals surface area contributed by atoms with Gasteiger partial charge in [-0.25, -0.2) is 0 Å². The molecule has 0 radical (unpaired) electrons. The van der Waals surface area contributed by atoms with Crippen molar-refractivity contribution in [2.24, 2.45) is 35.5 Å². The zero-order valence-corrected chi connectivity index (χ0v) is 41.7. The number of esters is 2. The van der Waals surface area contributed by atoms with Crippen molar-refractivity contribution < 1.29 is 88.3 Å². The van der Waals surface area contributed by atoms with Crippen molar-refractivity contribution in [2.45, 2.75) is 220 Å². The van der Waals surface area contributed by atoms with Gasteiger partial charge in [-0.2, -0.15) is 0 Å². The van der Waals surface area contributed by atoms with Gasteiger partial charge in [0.15, 0.2) is 12.6 Å². The first-order chi connectivity index (χ1) is 31.0. The van der Waals surface area contributed by atoms with E-state index in [1.807, 2.05) is 41.5 Å². The molecule has 3 saturated heterocycles. The lowest BCUT2D eigenvalue weighted by atomic mass is 9.76. The molecule has 3 fully saturated rings. The molecule has 8 N–H and O–H groups in total. The Hall–Kier alpha value is -2.20. The van der Waals surface area contributed by atoms with E-state index in [4.69, 9.17) is 43.0 Å². The zero-order chi connectivity index (χ0) is 50.0. The first kappa shape index (κ1) is 59.9. The minimum atomic E-state index is -1.59. The molecule has 3 heterocycles. The Bertz CT molecular complexity index is 1410. The molecule has 388 valence electrons. The van der Waals surface area contributed by atoms with Crippen molar-refractivity contribution >= 4 is 11.9 Å². The molecular weight excluding hydrogens is 865 g/mol. The van der Waals surface area contributed by atoms with Crippen molar-refractivity contribution in [2.75, 3.05) is 26.4 Å². The lowest BCUT2D eigenvalue weighted by Gasteiger charge is -2.45. The number of carbonyl (C=O) groups is 2. The molecule has 18 nitrogen and oxygen atoms in total. The molecule has 3 aliphatic rings. The number of ether oxygens (including phenoxy) is 8. The van der Waals surface area contributed by atoms with E-state index in [1.54, 1.807) is 20.8 Å². The fourth-order valence-corrected chi connectivity index (χ4v) is 8.54. The monoisotopic (exact) mass is 953 g/mol. The molecule has 0 aromatic carbocycles. The fraction of sp³-hybridized carbons (Fsp3) is 0.917. The SMILES string of the molecule is CCO.CC[C@H](C[C@@H]1OC(C)[C@H](O/C(C)=C(/C)O)C(C)C1C)[C@@H](C)COC(=O)CC(O)C[C@H](OC(=O)CC(O)C[C@H](O[C@@H]1OC[C@H](O)[C@H]1OC1OCC(O)[C@@H](O)[C@H]1O)[C@@H](C)CC)[C@@H](C)CC. The molecule has 0 bridgehead atoms. The first-order valence-corrected chi connectivity index (χ1v) is 24.3. The third-order valence-corrected chi connectivity index (χ3v) is 13.8. The van der Waals surface area contributed by atoms with Gasteiger partial charge in [-0.3, -0.25) is 9.59 Å². The van der Waals surface area contributed by atoms with Crippen molar-refractivity contribution in [1.29, 1.82) is 0 Å². The second kappa shape index (κ2) is 29.7. The van der Waals surface area contributed by atoms with Gasteiger partial charge >= 0.3 is 11.9 Å². The summed E-state index contributed by atoms with van der Waals surface area (Å²) < 4.78 is 47.0. The van der Waals surface area contributed by atoms with Gasteiger partial charge in [0, 0.05) is 25.4 Å². The van der Waals surface area contributed by atoms with Gasteiger partial charge in [-0.1, -0.05) is 74.7 Å². The lowest BCUT2D eigenvalue weighted by molar-refractivity contribution is -0.307. The predicted octanol–water partition coefficient (Wildman–Crippen LogP) is 4.05. The maximum absolute atomic E-state index is 13.2. The van der Waals surface area contributed by atoms with Crippen LogP contribution in [-0.2, 0) is 47.5 Å². The van der Waals surface area contributed by atoms with Gasteiger partial charge in [0.25, 0.3) is 0 Å². The molecule has 0 aliphatic carbocycles. The van der Waals surface area contributed by atoms with Gasteiger partial charge in [-0.15, -0.1) is 0 Å². The summed E-state index contributed by atoms with van der Waals surface area (Å²) in [5, 5.41) is 80.3. The molecule has 0 saturated carbocycles. The quantitative estimate of drug-likeness (QED) is 0.0474. The van der Waals surface area contributed by atoms with E-state index in [0.717, 1.165) is 12.8 Å². The van der Waals surface area contributed by atoms with E-state index in [-0.39, 0.29) is 112 Å². The smallest absolute Gasteiger partial charge is 0.308 e. The van der Waals surface area contributed by atoms with Crippen LogP contribution in [0.1, 0.15) is 134 Å². The minimum absolute atomic E-state index is 0.000979. The summed E-state index contributed by atoms with van der Waals surface area (Å²) in [5.41, 5.74) is 0. The largest absolute Gasteiger partial charge is 0.509 e. The number of allylic oxidation sites excluding steroid dienone is 2. The number of rotatable bonds is 25. The van der Waals surface area contributed by atoms with E-state index in [2.05, 4.69) is 20.8 Å². The molecule has 66 heavy (non-hydrogen) atoms. The molecule has 18 heteroatoms. The summed E-state index contributed by atoms with van der Waals surface area (Å²) >= 11 is 0. The highest BCUT2D eigenvalue weighted by molar-refractivity contribution is 5.70. The molecule has 3 aliphatic heterocycles. The van der Waals surface area contributed by atoms with Gasteiger partial charge in [0.05, 0.1) is 63.2 Å². The Morgan fingerprint density at radius 3 is 1.83 bits per heavy atom. The van der Waals surface area contributed by atoms with Crippen LogP contribution in [0.25, 0.3) is 0 Å². The predicted molar refractivity (Wildman–Crippen MR) is 242 cm³/mol. The van der Waals surface area contributed by atoms with Crippen LogP contribution in [0, 0.1) is 35.5 Å². The highest BCUT2D eigenvalue weighted by Crippen LogP contribution is 2.38. The molecule has 0 aromatic rings. The van der Waals surface area contributed by atoms with E-state index in [9.17, 15) is 45.3 Å². The second-order valence-corrected chi connectivity index (χ2v) is 19.0. The number of aliphatic hydroxyl groups is 8. The molecule has 20 atom stereocenters. The van der Waals surface area contributed by atoms with E-state index < -0.39 is 79.5 Å². The molecule has 0 amide bonds. The van der Waals surface area contributed by atoms with E-state index in [1.165, 1.54) is 0 Å². The Morgan fingerprint density at radius 2 is 1.26 bits per heavy atom. The normalized spacial score (nSPS) is 33.1. The third kappa shape index (κ3) is 18.6. The van der Waals surface area contributed by atoms with Crippen LogP contribution in [-0.4, -0.2) is 165 Å². The Morgan fingerprint density at radius 1 is 0.712 bits per heavy atom. The lowest BCUT2D eigenvalue weighted by Crippen LogP contribution is -2.56. The molecular formula is C48H88O18. The fourth-order valence-electron chi connectivity index (χ4n) is 8.54. The summed E-state index contributed by atoms with van der Waals surface area (Å²) in [6, 6.07) is 0. The topological polar surface area (TPSA) is 270 Å². The number of carbonyl (C=O) groups excluding carboxylic acids is 2. The van der Waals surface area contributed by atoms with E-state index >= 15 is 0 Å². The van der Waals surface area contributed by atoms with Gasteiger partial charge < -0.3 is 78.7 Å². The summed E-state index contributed by atoms with van der Waals surface area (Å²) in [6.07, 6.45) is -11.0. The number of aliphatic hydroxyl groups excluding tert-OH is 8. The molecule has 7 unspecified atom stereocenters. The van der Waals surface area contributed by atoms with Crippen LogP contribution in [0.3, 0.4) is 0 Å². The summed E-state index contributed by atoms with van der Waals surface area (Å²) in [6.45, 7) is 23.1. The summed E-state index contributed by atoms with van der Waals surface area (Å²) in [5.74, 6) is -0.269. The van der Waals surface area contributed by atoms with Crippen molar-refractivity contribution in [3.63, 3.8) is 0 Å². The van der Waals surface area contributed by atoms with Gasteiger partial charge in [0.1, 0.15) is 54.2 Å². The van der Waals surface area contributed by atoms with Gasteiger partial charge in [-0.05, 0) is 63.7 Å². The maximum Gasteiger partial charge on any atom is 0.308 e. The van der Waals surface area contributed by atoms with Crippen LogP contribution in [0.5, 0.6) is 0 Å². The maximum atomic E-state index is 13.2. The highest BCUT2D eigenvalue weighted by Gasteiger charge is 2.47. The van der Waals surface area contributed by atoms with Crippen LogP contribution in [0.15, 0.2) is 11.5 Å². The van der Waals surface area contributed by atoms with Crippen LogP contribution >= 0.6 is 0 Å². The Labute approximate surface area is 393 Å². The average Bonchev–Trinajstić information content (AvgIpc) is 3.61. The second-order valence-electron chi connectivity index (χ2n) is 19.0. The standard InChI is InChI=1S/C46H82O17.C2H6O/c1-12-23(4)36(16-32(48)18-39(52)56-20-25(6)31(14-3)15-38-26(7)27(8)43(30(11)59-38)60-29(10)28(9)47)61-40(53)19-33(49)17-37(24(5)13-2)62-46-44(35(51)22-58-46)63-45-42(55)41(54)34(50)21-57-45;1-2-3/h23-27,30-38,41-51,54-55H,12-22H2,1-11H3;3H,2H2,1H3/b29-28-;/t23-,24-,25-,26?,27?,30?,31+,32?,33?,34?,35-,36-,37-,38-,41+,42+,43+,44+,45?,46-;/m0./s1. The van der Waals surface area contributed by atoms with Crippen LogP contribution in [0.2, 0.25) is 0 Å². The highest BCUT2D eigenvalue weighted by atomic mass is 16.8. The van der Waals surface area contributed by atoms with E-state index in [0.29, 0.717) is 18.6 Å². The number of hydrogen-bond donors (Lipinski definition) is 8. The van der Waals surface area contributed by atoms with Crippen LogP contribution in [0.4, 0.5) is 0 Å². The van der Waals surface area contributed by atoms with Gasteiger partial charge in [0.2, 0.25) is 0 Å². The Balaban J connectivity index is 0.00000485. The molecule has 0 spiro atoms. The van der Waals surface area contributed by atoms with Crippen molar-refractivity contribution in [3.05, 3.63) is 11.5 Å². The minimum Gasteiger partial charge on any atom is -0.509 e. The number of hydrogen-bond acceptors (Lipinski definition) is 18. The zero-order valence-electron chi connectivity index (χ0n) is 41.7. The Kier molecular flexibility index (Phi) is 27.0. The first-order valence-electron chi connectivity index (χ1n) is 24.3. The average molecular weight is 953 g/mol. The van der Waals surface area contributed by atoms with Crippen LogP contribution < -0.4 is 0 Å². The van der Waals surface area contributed by atoms with Crippen molar-refractivity contribution in [3.8, 4) is 0 Å². The third-order valence-electron chi connectivity index (χ3n) is 13.8.